The lowest BCUT2D eigenvalue weighted by molar-refractivity contribution is 0.000466. The molecule has 0 amide bonds. The molecule has 0 saturated carbocycles. The van der Waals surface area contributed by atoms with E-state index in [1.165, 1.54) is 6.42 Å². The highest BCUT2D eigenvalue weighted by Gasteiger charge is 2.22. The number of ether oxygens (including phenoxy) is 1. The second kappa shape index (κ2) is 4.72. The molecule has 1 aromatic heterocycles. The van der Waals surface area contributed by atoms with Crippen molar-refractivity contribution in [2.24, 2.45) is 12.8 Å². The third kappa shape index (κ3) is 2.76. The molecule has 2 heterocycles. The van der Waals surface area contributed by atoms with Gasteiger partial charge in [-0.3, -0.25) is 4.68 Å². The van der Waals surface area contributed by atoms with Gasteiger partial charge in [0.05, 0.1) is 11.8 Å². The van der Waals surface area contributed by atoms with E-state index in [9.17, 15) is 0 Å². The number of hydrogen-bond donors (Lipinski definition) is 1. The summed E-state index contributed by atoms with van der Waals surface area (Å²) in [6.07, 6.45) is 6.30. The van der Waals surface area contributed by atoms with Crippen LogP contribution in [0, 0.1) is 0 Å². The van der Waals surface area contributed by atoms with Crippen LogP contribution in [0.5, 0.6) is 0 Å². The smallest absolute Gasteiger partial charge is 0.0843 e. The second-order valence-corrected chi connectivity index (χ2v) is 4.16. The van der Waals surface area contributed by atoms with Gasteiger partial charge in [0.25, 0.3) is 0 Å². The summed E-state index contributed by atoms with van der Waals surface area (Å²) in [4.78, 5) is 0. The third-order valence-corrected chi connectivity index (χ3v) is 2.79. The first kappa shape index (κ1) is 10.6. The Morgan fingerprint density at radius 3 is 3.13 bits per heavy atom. The van der Waals surface area contributed by atoms with Crippen LogP contribution >= 0.6 is 0 Å². The van der Waals surface area contributed by atoms with Crippen LogP contribution in [0.15, 0.2) is 6.20 Å². The summed E-state index contributed by atoms with van der Waals surface area (Å²) in [6.45, 7) is 0.846. The minimum atomic E-state index is 0.0435. The fraction of sp³-hybridized carbons (Fsp3) is 0.800. The lowest BCUT2D eigenvalue weighted by atomic mass is 9.99. The summed E-state index contributed by atoms with van der Waals surface area (Å²) in [7, 11) is 1.86. The first-order valence-electron chi connectivity index (χ1n) is 5.48. The van der Waals surface area contributed by atoms with Crippen molar-refractivity contribution in [1.82, 2.24) is 15.0 Å². The Bertz CT molecular complexity index is 306. The van der Waals surface area contributed by atoms with E-state index in [1.807, 2.05) is 13.2 Å². The molecule has 2 unspecified atom stereocenters. The maximum absolute atomic E-state index is 6.09. The first-order chi connectivity index (χ1) is 7.25. The molecule has 2 rings (SSSR count). The molecular weight excluding hydrogens is 192 g/mol. The fourth-order valence-corrected chi connectivity index (χ4v) is 1.97. The molecule has 0 radical (unpaired) electrons. The fourth-order valence-electron chi connectivity index (χ4n) is 1.97. The van der Waals surface area contributed by atoms with Gasteiger partial charge >= 0.3 is 0 Å². The van der Waals surface area contributed by atoms with Gasteiger partial charge in [0.1, 0.15) is 0 Å². The van der Waals surface area contributed by atoms with Crippen molar-refractivity contribution in [3.8, 4) is 0 Å². The van der Waals surface area contributed by atoms with E-state index in [1.54, 1.807) is 4.68 Å². The molecule has 0 aliphatic carbocycles. The maximum Gasteiger partial charge on any atom is 0.0843 e. The van der Waals surface area contributed by atoms with Crippen LogP contribution in [0.1, 0.15) is 25.0 Å². The van der Waals surface area contributed by atoms with Crippen molar-refractivity contribution in [3.05, 3.63) is 11.9 Å². The van der Waals surface area contributed by atoms with Crippen molar-refractivity contribution in [2.75, 3.05) is 6.61 Å². The molecule has 2 N–H and O–H groups in total. The van der Waals surface area contributed by atoms with Crippen LogP contribution in [0.2, 0.25) is 0 Å². The summed E-state index contributed by atoms with van der Waals surface area (Å²) < 4.78 is 7.34. The standard InChI is InChI=1S/C10H18N4O/c1-14-7-8(12-13-14)6-9(11)10-4-2-3-5-15-10/h7,9-10H,2-6,11H2,1H3. The SMILES string of the molecule is Cn1cc(CC(N)C2CCCCO2)nn1. The van der Waals surface area contributed by atoms with Crippen molar-refractivity contribution in [3.63, 3.8) is 0 Å². The second-order valence-electron chi connectivity index (χ2n) is 4.16. The van der Waals surface area contributed by atoms with Crippen molar-refractivity contribution in [2.45, 2.75) is 37.8 Å². The van der Waals surface area contributed by atoms with Gasteiger partial charge in [-0.05, 0) is 19.3 Å². The molecule has 0 aromatic carbocycles. The van der Waals surface area contributed by atoms with Gasteiger partial charge < -0.3 is 10.5 Å². The highest BCUT2D eigenvalue weighted by molar-refractivity contribution is 4.97. The topological polar surface area (TPSA) is 66.0 Å². The molecule has 1 aromatic rings. The zero-order valence-corrected chi connectivity index (χ0v) is 9.09. The molecular formula is C10H18N4O. The van der Waals surface area contributed by atoms with E-state index < -0.39 is 0 Å². The molecule has 1 fully saturated rings. The third-order valence-electron chi connectivity index (χ3n) is 2.79. The van der Waals surface area contributed by atoms with E-state index in [-0.39, 0.29) is 12.1 Å². The predicted octanol–water partition coefficient (Wildman–Crippen LogP) is 0.254. The Morgan fingerprint density at radius 2 is 2.53 bits per heavy atom. The highest BCUT2D eigenvalue weighted by Crippen LogP contribution is 2.16. The van der Waals surface area contributed by atoms with Crippen molar-refractivity contribution >= 4 is 0 Å². The van der Waals surface area contributed by atoms with E-state index in [0.29, 0.717) is 0 Å². The van der Waals surface area contributed by atoms with Crippen LogP contribution in [0.25, 0.3) is 0 Å². The molecule has 1 aliphatic rings. The number of hydrogen-bond acceptors (Lipinski definition) is 4. The normalized spacial score (nSPS) is 24.0. The summed E-state index contributed by atoms with van der Waals surface area (Å²) in [6, 6.07) is 0.0435. The lowest BCUT2D eigenvalue weighted by Crippen LogP contribution is -2.40. The number of nitrogens with two attached hydrogens (primary N) is 1. The number of nitrogens with zero attached hydrogens (tertiary/aromatic N) is 3. The Labute approximate surface area is 89.6 Å². The van der Waals surface area contributed by atoms with Crippen molar-refractivity contribution in [1.29, 1.82) is 0 Å². The maximum atomic E-state index is 6.09. The van der Waals surface area contributed by atoms with Gasteiger partial charge in [-0.2, -0.15) is 0 Å². The van der Waals surface area contributed by atoms with E-state index in [4.69, 9.17) is 10.5 Å². The van der Waals surface area contributed by atoms with E-state index in [0.717, 1.165) is 31.6 Å². The van der Waals surface area contributed by atoms with Crippen LogP contribution < -0.4 is 5.73 Å². The van der Waals surface area contributed by atoms with E-state index >= 15 is 0 Å². The molecule has 5 nitrogen and oxygen atoms in total. The summed E-state index contributed by atoms with van der Waals surface area (Å²) in [5, 5.41) is 7.91. The number of aromatic nitrogens is 3. The monoisotopic (exact) mass is 210 g/mol. The molecule has 1 aliphatic heterocycles. The molecule has 2 atom stereocenters. The minimum Gasteiger partial charge on any atom is -0.377 e. The van der Waals surface area contributed by atoms with Gasteiger partial charge in [0, 0.05) is 32.3 Å². The van der Waals surface area contributed by atoms with Gasteiger partial charge in [0.2, 0.25) is 0 Å². The van der Waals surface area contributed by atoms with Gasteiger partial charge in [-0.15, -0.1) is 5.10 Å². The number of rotatable bonds is 3. The zero-order valence-electron chi connectivity index (χ0n) is 9.09. The zero-order chi connectivity index (χ0) is 10.7. The lowest BCUT2D eigenvalue weighted by Gasteiger charge is -2.27. The Morgan fingerprint density at radius 1 is 1.67 bits per heavy atom. The number of aryl methyl sites for hydroxylation is 1. The summed E-state index contributed by atoms with van der Waals surface area (Å²) in [5.41, 5.74) is 7.03. The molecule has 5 heteroatoms. The molecule has 15 heavy (non-hydrogen) atoms. The Balaban J connectivity index is 1.88. The average Bonchev–Trinajstić information content (AvgIpc) is 2.65. The van der Waals surface area contributed by atoms with Crippen LogP contribution in [0.3, 0.4) is 0 Å². The van der Waals surface area contributed by atoms with Gasteiger partial charge in [-0.1, -0.05) is 5.21 Å². The summed E-state index contributed by atoms with van der Waals surface area (Å²) in [5.74, 6) is 0. The van der Waals surface area contributed by atoms with Crippen LogP contribution in [-0.2, 0) is 18.2 Å². The van der Waals surface area contributed by atoms with Crippen LogP contribution in [-0.4, -0.2) is 33.7 Å². The highest BCUT2D eigenvalue weighted by atomic mass is 16.5. The molecule has 84 valence electrons. The molecule has 1 saturated heterocycles. The summed E-state index contributed by atoms with van der Waals surface area (Å²) >= 11 is 0. The van der Waals surface area contributed by atoms with Gasteiger partial charge in [-0.25, -0.2) is 0 Å². The van der Waals surface area contributed by atoms with Crippen LogP contribution in [0.4, 0.5) is 0 Å². The predicted molar refractivity (Wildman–Crippen MR) is 56.3 cm³/mol. The average molecular weight is 210 g/mol. The quantitative estimate of drug-likeness (QED) is 0.777. The molecule has 0 bridgehead atoms. The van der Waals surface area contributed by atoms with E-state index in [2.05, 4.69) is 10.3 Å². The minimum absolute atomic E-state index is 0.0435. The largest absolute Gasteiger partial charge is 0.377 e. The van der Waals surface area contributed by atoms with Gasteiger partial charge in [0.15, 0.2) is 0 Å². The van der Waals surface area contributed by atoms with Crippen molar-refractivity contribution < 1.29 is 4.74 Å². The molecule has 0 spiro atoms. The first-order valence-corrected chi connectivity index (χ1v) is 5.48. The Kier molecular flexibility index (Phi) is 3.33. The Hall–Kier alpha value is -0.940.